The highest BCUT2D eigenvalue weighted by Crippen LogP contribution is 2.28. The van der Waals surface area contributed by atoms with Crippen molar-refractivity contribution >= 4 is 24.9 Å². The van der Waals surface area contributed by atoms with Gasteiger partial charge >= 0.3 is 0 Å². The highest BCUT2D eigenvalue weighted by molar-refractivity contribution is 6.37. The largest absolute Gasteiger partial charge is 0.456 e. The van der Waals surface area contributed by atoms with Crippen LogP contribution in [-0.2, 0) is 6.54 Å². The second-order valence-electron chi connectivity index (χ2n) is 3.88. The van der Waals surface area contributed by atoms with E-state index in [0.717, 1.165) is 16.8 Å². The van der Waals surface area contributed by atoms with Gasteiger partial charge in [-0.25, -0.2) is 0 Å². The summed E-state index contributed by atoms with van der Waals surface area (Å²) >= 11 is 6.09. The first-order valence-electron chi connectivity index (χ1n) is 5.42. The van der Waals surface area contributed by atoms with Crippen LogP contribution in [0.4, 0.5) is 0 Å². The summed E-state index contributed by atoms with van der Waals surface area (Å²) < 4.78 is 5.69. The second kappa shape index (κ2) is 5.26. The van der Waals surface area contributed by atoms with E-state index in [1.54, 1.807) is 0 Å². The highest BCUT2D eigenvalue weighted by atomic mass is 35.5. The first-order valence-corrected chi connectivity index (χ1v) is 5.80. The molecule has 17 heavy (non-hydrogen) atoms. The molecule has 4 heteroatoms. The van der Waals surface area contributed by atoms with Crippen molar-refractivity contribution in [2.24, 2.45) is 5.73 Å². The van der Waals surface area contributed by atoms with Crippen molar-refractivity contribution < 1.29 is 4.74 Å². The van der Waals surface area contributed by atoms with Crippen LogP contribution in [0.25, 0.3) is 0 Å². The molecule has 0 unspecified atom stereocenters. The molecule has 0 saturated carbocycles. The number of nitrogens with two attached hydrogens (primary N) is 1. The molecule has 0 amide bonds. The zero-order valence-corrected chi connectivity index (χ0v) is 10.4. The molecule has 0 aliphatic rings. The van der Waals surface area contributed by atoms with Gasteiger partial charge in [0.05, 0.1) is 5.02 Å². The van der Waals surface area contributed by atoms with Gasteiger partial charge in [0.2, 0.25) is 0 Å². The van der Waals surface area contributed by atoms with Gasteiger partial charge in [-0.1, -0.05) is 35.3 Å². The fourth-order valence-electron chi connectivity index (χ4n) is 1.51. The standard InChI is InChI=1S/C13H13BClNO/c14-10-3-6-13(12(15)7-10)17-11-4-1-9(8-16)2-5-11/h1-7H,8,14,16H2. The van der Waals surface area contributed by atoms with Gasteiger partial charge in [0, 0.05) is 6.54 Å². The maximum atomic E-state index is 6.09. The van der Waals surface area contributed by atoms with Crippen LogP contribution in [0.2, 0.25) is 5.02 Å². The molecule has 0 heterocycles. The van der Waals surface area contributed by atoms with Crippen LogP contribution in [0.15, 0.2) is 42.5 Å². The minimum Gasteiger partial charge on any atom is -0.456 e. The van der Waals surface area contributed by atoms with Crippen LogP contribution < -0.4 is 15.9 Å². The molecule has 2 rings (SSSR count). The van der Waals surface area contributed by atoms with Crippen molar-refractivity contribution in [3.63, 3.8) is 0 Å². The van der Waals surface area contributed by atoms with Gasteiger partial charge in [-0.05, 0) is 29.8 Å². The van der Waals surface area contributed by atoms with Crippen LogP contribution in [0.1, 0.15) is 5.56 Å². The lowest BCUT2D eigenvalue weighted by molar-refractivity contribution is 0.483. The fraction of sp³-hybridized carbons (Fsp3) is 0.0769. The summed E-state index contributed by atoms with van der Waals surface area (Å²) in [4.78, 5) is 0. The van der Waals surface area contributed by atoms with E-state index in [0.29, 0.717) is 17.3 Å². The van der Waals surface area contributed by atoms with Crippen molar-refractivity contribution in [1.29, 1.82) is 0 Å². The first kappa shape index (κ1) is 12.0. The van der Waals surface area contributed by atoms with E-state index in [2.05, 4.69) is 0 Å². The third kappa shape index (κ3) is 3.02. The Labute approximate surface area is 107 Å². The lowest BCUT2D eigenvalue weighted by Crippen LogP contribution is -2.00. The quantitative estimate of drug-likeness (QED) is 0.838. The monoisotopic (exact) mass is 245 g/mol. The number of ether oxygens (including phenoxy) is 1. The van der Waals surface area contributed by atoms with Gasteiger partial charge in [-0.15, -0.1) is 0 Å². The van der Waals surface area contributed by atoms with Gasteiger partial charge in [0.1, 0.15) is 19.3 Å². The molecular formula is C13H13BClNO. The molecule has 2 aromatic rings. The van der Waals surface area contributed by atoms with Gasteiger partial charge in [-0.2, -0.15) is 0 Å². The van der Waals surface area contributed by atoms with Gasteiger partial charge in [0.15, 0.2) is 0 Å². The fourth-order valence-corrected chi connectivity index (χ4v) is 1.78. The third-order valence-electron chi connectivity index (χ3n) is 2.47. The zero-order valence-electron chi connectivity index (χ0n) is 9.61. The van der Waals surface area contributed by atoms with Crippen LogP contribution >= 0.6 is 11.6 Å². The van der Waals surface area contributed by atoms with Gasteiger partial charge in [-0.3, -0.25) is 0 Å². The van der Waals surface area contributed by atoms with E-state index in [1.807, 2.05) is 50.3 Å². The topological polar surface area (TPSA) is 35.2 Å². The van der Waals surface area contributed by atoms with Crippen molar-refractivity contribution in [2.45, 2.75) is 6.54 Å². The summed E-state index contributed by atoms with van der Waals surface area (Å²) in [5.74, 6) is 1.42. The SMILES string of the molecule is Bc1ccc(Oc2ccc(CN)cc2)c(Cl)c1. The molecule has 2 nitrogen and oxygen atoms in total. The highest BCUT2D eigenvalue weighted by Gasteiger charge is 2.03. The maximum Gasteiger partial charge on any atom is 0.145 e. The summed E-state index contributed by atoms with van der Waals surface area (Å²) in [5.41, 5.74) is 7.72. The third-order valence-corrected chi connectivity index (χ3v) is 2.77. The van der Waals surface area contributed by atoms with E-state index in [9.17, 15) is 0 Å². The predicted molar refractivity (Wildman–Crippen MR) is 74.0 cm³/mol. The summed E-state index contributed by atoms with van der Waals surface area (Å²) in [6.45, 7) is 0.533. The Balaban J connectivity index is 2.19. The Morgan fingerprint density at radius 2 is 1.82 bits per heavy atom. The van der Waals surface area contributed by atoms with Crippen LogP contribution in [0.5, 0.6) is 11.5 Å². The predicted octanol–water partition coefficient (Wildman–Crippen LogP) is 1.85. The molecule has 2 N–H and O–H groups in total. The molecule has 86 valence electrons. The van der Waals surface area contributed by atoms with Gasteiger partial charge in [0.25, 0.3) is 0 Å². The number of hydrogen-bond acceptors (Lipinski definition) is 2. The lowest BCUT2D eigenvalue weighted by Gasteiger charge is -2.08. The summed E-state index contributed by atoms with van der Waals surface area (Å²) in [7, 11) is 1.99. The summed E-state index contributed by atoms with van der Waals surface area (Å²) in [5, 5.41) is 0.618. The van der Waals surface area contributed by atoms with Crippen molar-refractivity contribution in [3.05, 3.63) is 53.1 Å². The van der Waals surface area contributed by atoms with Crippen LogP contribution in [0, 0.1) is 0 Å². The average molecular weight is 246 g/mol. The zero-order chi connectivity index (χ0) is 12.3. The van der Waals surface area contributed by atoms with Crippen LogP contribution in [0.3, 0.4) is 0 Å². The van der Waals surface area contributed by atoms with Gasteiger partial charge < -0.3 is 10.5 Å². The Kier molecular flexibility index (Phi) is 3.72. The maximum absolute atomic E-state index is 6.09. The second-order valence-corrected chi connectivity index (χ2v) is 4.29. The molecule has 0 spiro atoms. The average Bonchev–Trinajstić information content (AvgIpc) is 2.34. The molecule has 0 aromatic heterocycles. The Morgan fingerprint density at radius 1 is 1.12 bits per heavy atom. The lowest BCUT2D eigenvalue weighted by atomic mass is 9.97. The molecular weight excluding hydrogens is 232 g/mol. The molecule has 0 radical (unpaired) electrons. The van der Waals surface area contributed by atoms with Crippen LogP contribution in [-0.4, -0.2) is 7.85 Å². The normalized spacial score (nSPS) is 10.2. The van der Waals surface area contributed by atoms with E-state index < -0.39 is 0 Å². The summed E-state index contributed by atoms with van der Waals surface area (Å²) in [6, 6.07) is 13.4. The molecule has 0 bridgehead atoms. The van der Waals surface area contributed by atoms with Crippen molar-refractivity contribution in [3.8, 4) is 11.5 Å². The minimum atomic E-state index is 0.533. The van der Waals surface area contributed by atoms with E-state index in [-0.39, 0.29) is 0 Å². The van der Waals surface area contributed by atoms with E-state index >= 15 is 0 Å². The van der Waals surface area contributed by atoms with E-state index in [4.69, 9.17) is 22.1 Å². The number of halogens is 1. The van der Waals surface area contributed by atoms with E-state index in [1.165, 1.54) is 0 Å². The minimum absolute atomic E-state index is 0.533. The summed E-state index contributed by atoms with van der Waals surface area (Å²) in [6.07, 6.45) is 0. The van der Waals surface area contributed by atoms with Crippen molar-refractivity contribution in [2.75, 3.05) is 0 Å². The molecule has 2 aromatic carbocycles. The Morgan fingerprint density at radius 3 is 2.41 bits per heavy atom. The number of hydrogen-bond donors (Lipinski definition) is 1. The molecule has 0 saturated heterocycles. The first-order chi connectivity index (χ1) is 8.19. The Hall–Kier alpha value is -1.45. The van der Waals surface area contributed by atoms with Crippen molar-refractivity contribution in [1.82, 2.24) is 0 Å². The molecule has 0 aliphatic heterocycles. The smallest absolute Gasteiger partial charge is 0.145 e. The molecule has 0 aliphatic carbocycles. The molecule has 0 fully saturated rings. The Bertz CT molecular complexity index is 513. The number of benzene rings is 2. The number of rotatable bonds is 3. The molecule has 0 atom stereocenters.